The molecule has 2 saturated carbocycles. The van der Waals surface area contributed by atoms with Crippen molar-refractivity contribution in [2.45, 2.75) is 42.8 Å². The summed E-state index contributed by atoms with van der Waals surface area (Å²) in [5.41, 5.74) is 6.07. The van der Waals surface area contributed by atoms with Crippen molar-refractivity contribution < 1.29 is 9.59 Å². The Morgan fingerprint density at radius 1 is 1.20 bits per heavy atom. The van der Waals surface area contributed by atoms with Crippen molar-refractivity contribution in [1.29, 1.82) is 0 Å². The Bertz CT molecular complexity index is 826. The summed E-state index contributed by atoms with van der Waals surface area (Å²) >= 11 is 1.38. The van der Waals surface area contributed by atoms with Gasteiger partial charge < -0.3 is 15.6 Å². The number of carbonyl (C=O) groups excluding carboxylic acids is 2. The predicted molar refractivity (Wildman–Crippen MR) is 94.6 cm³/mol. The molecule has 1 aromatic heterocycles. The SMILES string of the molecule is NC(=O)c1ccccc1NC(=O)CSc1nnc(C2CC2)n1C1CC1. The van der Waals surface area contributed by atoms with Gasteiger partial charge >= 0.3 is 0 Å². The lowest BCUT2D eigenvalue weighted by Gasteiger charge is -2.10. The fourth-order valence-electron chi connectivity index (χ4n) is 2.81. The first-order valence-corrected chi connectivity index (χ1v) is 9.38. The van der Waals surface area contributed by atoms with Gasteiger partial charge in [-0.3, -0.25) is 9.59 Å². The molecule has 0 bridgehead atoms. The van der Waals surface area contributed by atoms with Gasteiger partial charge in [-0.2, -0.15) is 0 Å². The van der Waals surface area contributed by atoms with Gasteiger partial charge in [0.25, 0.3) is 5.91 Å². The van der Waals surface area contributed by atoms with Gasteiger partial charge in [0.05, 0.1) is 17.0 Å². The van der Waals surface area contributed by atoms with Crippen LogP contribution >= 0.6 is 11.8 Å². The Morgan fingerprint density at radius 3 is 2.64 bits per heavy atom. The monoisotopic (exact) mass is 357 g/mol. The third-order valence-corrected chi connectivity index (χ3v) is 5.29. The topological polar surface area (TPSA) is 103 Å². The molecule has 8 heteroatoms. The zero-order valence-corrected chi connectivity index (χ0v) is 14.5. The minimum Gasteiger partial charge on any atom is -0.366 e. The summed E-state index contributed by atoms with van der Waals surface area (Å²) in [7, 11) is 0. The first-order chi connectivity index (χ1) is 12.1. The van der Waals surface area contributed by atoms with E-state index in [9.17, 15) is 9.59 Å². The largest absolute Gasteiger partial charge is 0.366 e. The number of nitrogens with one attached hydrogen (secondary N) is 1. The molecule has 2 aliphatic carbocycles. The number of carbonyl (C=O) groups is 2. The van der Waals surface area contributed by atoms with Crippen molar-refractivity contribution >= 4 is 29.3 Å². The molecular formula is C17H19N5O2S. The van der Waals surface area contributed by atoms with Crippen LogP contribution in [0, 0.1) is 0 Å². The van der Waals surface area contributed by atoms with E-state index in [0.29, 0.717) is 23.2 Å². The van der Waals surface area contributed by atoms with E-state index in [-0.39, 0.29) is 11.7 Å². The number of benzene rings is 1. The fraction of sp³-hybridized carbons (Fsp3) is 0.412. The van der Waals surface area contributed by atoms with Gasteiger partial charge in [0.1, 0.15) is 5.82 Å². The number of anilines is 1. The molecule has 0 spiro atoms. The molecule has 25 heavy (non-hydrogen) atoms. The van der Waals surface area contributed by atoms with Gasteiger partial charge in [-0.15, -0.1) is 10.2 Å². The maximum atomic E-state index is 12.3. The molecule has 0 atom stereocenters. The van der Waals surface area contributed by atoms with Crippen LogP contribution in [0.15, 0.2) is 29.4 Å². The van der Waals surface area contributed by atoms with E-state index in [1.807, 2.05) is 0 Å². The van der Waals surface area contributed by atoms with Crippen LogP contribution < -0.4 is 11.1 Å². The number of nitrogens with zero attached hydrogens (tertiary/aromatic N) is 3. The van der Waals surface area contributed by atoms with Crippen molar-refractivity contribution in [3.05, 3.63) is 35.7 Å². The third kappa shape index (κ3) is 3.53. The number of nitrogens with two attached hydrogens (primary N) is 1. The minimum absolute atomic E-state index is 0.197. The quantitative estimate of drug-likeness (QED) is 0.740. The number of amides is 2. The number of para-hydroxylation sites is 1. The highest BCUT2D eigenvalue weighted by molar-refractivity contribution is 7.99. The van der Waals surface area contributed by atoms with Crippen LogP contribution in [0.1, 0.15) is 53.8 Å². The lowest BCUT2D eigenvalue weighted by atomic mass is 10.1. The molecule has 0 aliphatic heterocycles. The van der Waals surface area contributed by atoms with Gasteiger partial charge in [-0.05, 0) is 37.8 Å². The van der Waals surface area contributed by atoms with E-state index in [2.05, 4.69) is 20.1 Å². The van der Waals surface area contributed by atoms with Crippen molar-refractivity contribution in [2.24, 2.45) is 5.73 Å². The summed E-state index contributed by atoms with van der Waals surface area (Å²) in [5, 5.41) is 12.2. The van der Waals surface area contributed by atoms with Crippen LogP contribution in [-0.2, 0) is 4.79 Å². The minimum atomic E-state index is -0.564. The van der Waals surface area contributed by atoms with E-state index in [1.165, 1.54) is 24.6 Å². The van der Waals surface area contributed by atoms with Gasteiger partial charge in [-0.25, -0.2) is 0 Å². The average molecular weight is 357 g/mol. The summed E-state index contributed by atoms with van der Waals surface area (Å²) in [6.07, 6.45) is 4.67. The van der Waals surface area contributed by atoms with E-state index < -0.39 is 5.91 Å². The van der Waals surface area contributed by atoms with Crippen LogP contribution in [0.5, 0.6) is 0 Å². The molecule has 2 fully saturated rings. The zero-order chi connectivity index (χ0) is 17.4. The fourth-order valence-corrected chi connectivity index (χ4v) is 3.62. The van der Waals surface area contributed by atoms with Crippen LogP contribution in [0.2, 0.25) is 0 Å². The molecule has 130 valence electrons. The number of primary amides is 1. The predicted octanol–water partition coefficient (Wildman–Crippen LogP) is 2.32. The number of hydrogen-bond acceptors (Lipinski definition) is 5. The van der Waals surface area contributed by atoms with Crippen LogP contribution in [0.25, 0.3) is 0 Å². The number of aromatic nitrogens is 3. The Kier molecular flexibility index (Phi) is 4.20. The van der Waals surface area contributed by atoms with Gasteiger partial charge in [-0.1, -0.05) is 23.9 Å². The second-order valence-electron chi connectivity index (χ2n) is 6.46. The summed E-state index contributed by atoms with van der Waals surface area (Å²) < 4.78 is 2.22. The highest BCUT2D eigenvalue weighted by atomic mass is 32.2. The van der Waals surface area contributed by atoms with Crippen LogP contribution in [0.4, 0.5) is 5.69 Å². The van der Waals surface area contributed by atoms with Crippen molar-refractivity contribution in [3.8, 4) is 0 Å². The lowest BCUT2D eigenvalue weighted by molar-refractivity contribution is -0.113. The number of thioether (sulfide) groups is 1. The number of hydrogen-bond donors (Lipinski definition) is 2. The third-order valence-electron chi connectivity index (χ3n) is 4.34. The second kappa shape index (κ2) is 6.51. The Balaban J connectivity index is 1.42. The summed E-state index contributed by atoms with van der Waals surface area (Å²) in [5.74, 6) is 1.06. The zero-order valence-electron chi connectivity index (χ0n) is 13.6. The highest BCUT2D eigenvalue weighted by Gasteiger charge is 2.36. The lowest BCUT2D eigenvalue weighted by Crippen LogP contribution is -2.19. The molecule has 0 saturated heterocycles. The van der Waals surface area contributed by atoms with Crippen molar-refractivity contribution in [2.75, 3.05) is 11.1 Å². The van der Waals surface area contributed by atoms with Crippen LogP contribution in [0.3, 0.4) is 0 Å². The normalized spacial score (nSPS) is 16.6. The molecule has 0 unspecified atom stereocenters. The van der Waals surface area contributed by atoms with Crippen molar-refractivity contribution in [3.63, 3.8) is 0 Å². The van der Waals surface area contributed by atoms with Crippen molar-refractivity contribution in [1.82, 2.24) is 14.8 Å². The molecular weight excluding hydrogens is 338 g/mol. The first kappa shape index (κ1) is 16.1. The van der Waals surface area contributed by atoms with Gasteiger partial charge in [0.15, 0.2) is 5.16 Å². The van der Waals surface area contributed by atoms with E-state index >= 15 is 0 Å². The maximum Gasteiger partial charge on any atom is 0.250 e. The first-order valence-electron chi connectivity index (χ1n) is 8.39. The number of rotatable bonds is 7. The van der Waals surface area contributed by atoms with Crippen LogP contribution in [-0.4, -0.2) is 32.3 Å². The van der Waals surface area contributed by atoms with Gasteiger partial charge in [0.2, 0.25) is 5.91 Å². The molecule has 1 aromatic carbocycles. The van der Waals surface area contributed by atoms with E-state index in [4.69, 9.17) is 5.73 Å². The smallest absolute Gasteiger partial charge is 0.250 e. The molecule has 3 N–H and O–H groups in total. The Hall–Kier alpha value is -2.35. The molecule has 2 aromatic rings. The van der Waals surface area contributed by atoms with E-state index in [1.54, 1.807) is 24.3 Å². The molecule has 7 nitrogen and oxygen atoms in total. The molecule has 2 amide bonds. The highest BCUT2D eigenvalue weighted by Crippen LogP contribution is 2.45. The summed E-state index contributed by atoms with van der Waals surface area (Å²) in [4.78, 5) is 23.7. The molecule has 1 heterocycles. The second-order valence-corrected chi connectivity index (χ2v) is 7.41. The Labute approximate surface area is 149 Å². The summed E-state index contributed by atoms with van der Waals surface area (Å²) in [6, 6.07) is 7.21. The van der Waals surface area contributed by atoms with Gasteiger partial charge in [0, 0.05) is 12.0 Å². The maximum absolute atomic E-state index is 12.3. The molecule has 4 rings (SSSR count). The molecule has 0 radical (unpaired) electrons. The average Bonchev–Trinajstić information content (AvgIpc) is 3.52. The Morgan fingerprint density at radius 2 is 1.96 bits per heavy atom. The standard InChI is InChI=1S/C17H19N5O2S/c18-15(24)12-3-1-2-4-13(12)19-14(23)9-25-17-21-20-16(10-5-6-10)22(17)11-7-8-11/h1-4,10-11H,5-9H2,(H2,18,24)(H,19,23). The summed E-state index contributed by atoms with van der Waals surface area (Å²) in [6.45, 7) is 0. The van der Waals surface area contributed by atoms with E-state index in [0.717, 1.165) is 23.8 Å². The molecule has 2 aliphatic rings.